The summed E-state index contributed by atoms with van der Waals surface area (Å²) in [6.45, 7) is 9.36. The van der Waals surface area contributed by atoms with Crippen molar-refractivity contribution in [2.24, 2.45) is 0 Å². The molecule has 0 saturated carbocycles. The summed E-state index contributed by atoms with van der Waals surface area (Å²) >= 11 is 0. The van der Waals surface area contributed by atoms with Crippen molar-refractivity contribution in [2.75, 3.05) is 0 Å². The third-order valence-electron chi connectivity index (χ3n) is 2.70. The number of allylic oxidation sites excluding steroid dienone is 4. The molecule has 0 aliphatic rings. The van der Waals surface area contributed by atoms with Gasteiger partial charge in [0.05, 0.1) is 5.56 Å². The number of hydrogen-bond donors (Lipinski definition) is 0. The van der Waals surface area contributed by atoms with Gasteiger partial charge < -0.3 is 0 Å². The van der Waals surface area contributed by atoms with Crippen LogP contribution in [0.25, 0.3) is 5.57 Å². The number of alkyl halides is 3. The zero-order valence-electron chi connectivity index (χ0n) is 10.2. The number of hydrogen-bond acceptors (Lipinski definition) is 0. The molecule has 0 N–H and O–H groups in total. The van der Waals surface area contributed by atoms with E-state index in [4.69, 9.17) is 0 Å². The van der Waals surface area contributed by atoms with E-state index in [-0.39, 0.29) is 0 Å². The largest absolute Gasteiger partial charge is 0.416 e. The number of rotatable bonds is 4. The minimum Gasteiger partial charge on any atom is -0.166 e. The van der Waals surface area contributed by atoms with Gasteiger partial charge in [-0.15, -0.1) is 0 Å². The number of benzene rings is 1. The molecule has 0 aliphatic heterocycles. The summed E-state index contributed by atoms with van der Waals surface area (Å²) in [4.78, 5) is 0. The monoisotopic (exact) mass is 252 g/mol. The van der Waals surface area contributed by atoms with Gasteiger partial charge in [-0.25, -0.2) is 0 Å². The van der Waals surface area contributed by atoms with Crippen LogP contribution in [0.15, 0.2) is 55.1 Å². The zero-order valence-corrected chi connectivity index (χ0v) is 10.2. The van der Waals surface area contributed by atoms with Crippen molar-refractivity contribution in [2.45, 2.75) is 19.5 Å². The Morgan fingerprint density at radius 2 is 1.67 bits per heavy atom. The fourth-order valence-electron chi connectivity index (χ4n) is 1.72. The summed E-state index contributed by atoms with van der Waals surface area (Å²) in [5.74, 6) is 0. The van der Waals surface area contributed by atoms with Crippen LogP contribution in [0.5, 0.6) is 0 Å². The van der Waals surface area contributed by atoms with Crippen molar-refractivity contribution >= 4 is 5.57 Å². The molecule has 0 spiro atoms. The standard InChI is InChI=1S/C15H15F3/c1-4-11(5-2)14(6-3)12-7-9-13(10-8-12)15(16,17)18/h4,6-10H,1,3,5H2,2H3/b14-11-. The van der Waals surface area contributed by atoms with Crippen LogP contribution in [0.3, 0.4) is 0 Å². The van der Waals surface area contributed by atoms with Crippen LogP contribution >= 0.6 is 0 Å². The first-order chi connectivity index (χ1) is 8.43. The molecule has 0 unspecified atom stereocenters. The maximum atomic E-state index is 12.4. The van der Waals surface area contributed by atoms with Crippen LogP contribution in [0, 0.1) is 0 Å². The first-order valence-electron chi connectivity index (χ1n) is 5.59. The van der Waals surface area contributed by atoms with Crippen molar-refractivity contribution in [1.29, 1.82) is 0 Å². The second kappa shape index (κ2) is 5.71. The van der Waals surface area contributed by atoms with Crippen LogP contribution in [-0.2, 0) is 6.18 Å². The molecule has 1 aromatic rings. The predicted octanol–water partition coefficient (Wildman–Crippen LogP) is 5.24. The molecule has 0 heterocycles. The fourth-order valence-corrected chi connectivity index (χ4v) is 1.72. The second-order valence-corrected chi connectivity index (χ2v) is 3.78. The molecule has 0 aromatic heterocycles. The Hall–Kier alpha value is -1.77. The summed E-state index contributed by atoms with van der Waals surface area (Å²) in [5, 5.41) is 0. The number of halogens is 3. The van der Waals surface area contributed by atoms with E-state index < -0.39 is 11.7 Å². The van der Waals surface area contributed by atoms with Crippen LogP contribution in [-0.4, -0.2) is 0 Å². The molecule has 0 bridgehead atoms. The van der Waals surface area contributed by atoms with Crippen molar-refractivity contribution in [3.8, 4) is 0 Å². The van der Waals surface area contributed by atoms with Crippen molar-refractivity contribution in [1.82, 2.24) is 0 Å². The molecule has 18 heavy (non-hydrogen) atoms. The van der Waals surface area contributed by atoms with Gasteiger partial charge in [0, 0.05) is 0 Å². The average molecular weight is 252 g/mol. The van der Waals surface area contributed by atoms with Crippen LogP contribution in [0.1, 0.15) is 24.5 Å². The smallest absolute Gasteiger partial charge is 0.166 e. The molecule has 0 fully saturated rings. The Morgan fingerprint density at radius 1 is 1.11 bits per heavy atom. The normalized spacial score (nSPS) is 12.9. The van der Waals surface area contributed by atoms with Crippen LogP contribution in [0.2, 0.25) is 0 Å². The highest BCUT2D eigenvalue weighted by molar-refractivity contribution is 5.78. The lowest BCUT2D eigenvalue weighted by Gasteiger charge is -2.10. The van der Waals surface area contributed by atoms with E-state index in [0.717, 1.165) is 35.3 Å². The van der Waals surface area contributed by atoms with Gasteiger partial charge in [0.1, 0.15) is 0 Å². The van der Waals surface area contributed by atoms with Gasteiger partial charge in [-0.3, -0.25) is 0 Å². The Bertz CT molecular complexity index is 462. The van der Waals surface area contributed by atoms with Gasteiger partial charge in [0.15, 0.2) is 0 Å². The van der Waals surface area contributed by atoms with E-state index in [1.165, 1.54) is 12.1 Å². The highest BCUT2D eigenvalue weighted by Gasteiger charge is 2.29. The first-order valence-corrected chi connectivity index (χ1v) is 5.59. The van der Waals surface area contributed by atoms with Gasteiger partial charge in [0.25, 0.3) is 0 Å². The minimum atomic E-state index is -4.30. The van der Waals surface area contributed by atoms with Crippen molar-refractivity contribution < 1.29 is 13.2 Å². The third-order valence-corrected chi connectivity index (χ3v) is 2.70. The molecular weight excluding hydrogens is 237 g/mol. The Labute approximate surface area is 105 Å². The molecule has 0 radical (unpaired) electrons. The molecule has 0 atom stereocenters. The third kappa shape index (κ3) is 3.13. The van der Waals surface area contributed by atoms with E-state index in [9.17, 15) is 13.2 Å². The molecule has 3 heteroatoms. The SMILES string of the molecule is C=C/C(CC)=C(\C=C)c1ccc(C(F)(F)F)cc1. The fraction of sp³-hybridized carbons (Fsp3) is 0.200. The Morgan fingerprint density at radius 3 is 2.00 bits per heavy atom. The average Bonchev–Trinajstić information content (AvgIpc) is 2.35. The summed E-state index contributed by atoms with van der Waals surface area (Å²) in [5.41, 5.74) is 1.85. The van der Waals surface area contributed by atoms with Crippen LogP contribution < -0.4 is 0 Å². The lowest BCUT2D eigenvalue weighted by Crippen LogP contribution is -2.04. The second-order valence-electron chi connectivity index (χ2n) is 3.78. The van der Waals surface area contributed by atoms with Crippen molar-refractivity contribution in [3.63, 3.8) is 0 Å². The van der Waals surface area contributed by atoms with Gasteiger partial charge in [-0.1, -0.05) is 44.4 Å². The molecule has 1 aromatic carbocycles. The Kier molecular flexibility index (Phi) is 4.54. The molecule has 1 rings (SSSR count). The van der Waals surface area contributed by atoms with Gasteiger partial charge in [-0.05, 0) is 35.3 Å². The van der Waals surface area contributed by atoms with E-state index in [1.54, 1.807) is 12.2 Å². The maximum absolute atomic E-state index is 12.4. The predicted molar refractivity (Wildman–Crippen MR) is 69.0 cm³/mol. The lowest BCUT2D eigenvalue weighted by atomic mass is 9.97. The summed E-state index contributed by atoms with van der Waals surface area (Å²) in [6, 6.07) is 5.07. The maximum Gasteiger partial charge on any atom is 0.416 e. The van der Waals surface area contributed by atoms with Crippen LogP contribution in [0.4, 0.5) is 13.2 Å². The highest BCUT2D eigenvalue weighted by Crippen LogP contribution is 2.31. The van der Waals surface area contributed by atoms with Gasteiger partial charge in [-0.2, -0.15) is 13.2 Å². The zero-order chi connectivity index (χ0) is 13.8. The molecule has 0 aliphatic carbocycles. The quantitative estimate of drug-likeness (QED) is 0.643. The van der Waals surface area contributed by atoms with Gasteiger partial charge >= 0.3 is 6.18 Å². The Balaban J connectivity index is 3.22. The highest BCUT2D eigenvalue weighted by atomic mass is 19.4. The van der Waals surface area contributed by atoms with E-state index in [1.807, 2.05) is 6.92 Å². The summed E-state index contributed by atoms with van der Waals surface area (Å²) in [6.07, 6.45) is -0.202. The molecular formula is C15H15F3. The molecule has 96 valence electrons. The molecule has 0 saturated heterocycles. The van der Waals surface area contributed by atoms with Gasteiger partial charge in [0.2, 0.25) is 0 Å². The topological polar surface area (TPSA) is 0 Å². The molecule has 0 amide bonds. The minimum absolute atomic E-state index is 0.647. The van der Waals surface area contributed by atoms with Crippen molar-refractivity contribution in [3.05, 3.63) is 66.3 Å². The summed E-state index contributed by atoms with van der Waals surface area (Å²) in [7, 11) is 0. The summed E-state index contributed by atoms with van der Waals surface area (Å²) < 4.78 is 37.3. The first kappa shape index (κ1) is 14.3. The lowest BCUT2D eigenvalue weighted by molar-refractivity contribution is -0.137. The van der Waals surface area contributed by atoms with E-state index in [0.29, 0.717) is 0 Å². The molecule has 0 nitrogen and oxygen atoms in total. The van der Waals surface area contributed by atoms with E-state index in [2.05, 4.69) is 13.2 Å². The van der Waals surface area contributed by atoms with E-state index >= 15 is 0 Å².